The van der Waals surface area contributed by atoms with Gasteiger partial charge in [0, 0.05) is 31.6 Å². The van der Waals surface area contributed by atoms with Gasteiger partial charge in [-0.1, -0.05) is 6.07 Å². The van der Waals surface area contributed by atoms with Crippen LogP contribution >= 0.6 is 11.3 Å². The van der Waals surface area contributed by atoms with Crippen molar-refractivity contribution in [2.24, 2.45) is 0 Å². The minimum absolute atomic E-state index is 0.0117. The highest BCUT2D eigenvalue weighted by Gasteiger charge is 2.28. The van der Waals surface area contributed by atoms with E-state index >= 15 is 0 Å². The van der Waals surface area contributed by atoms with E-state index < -0.39 is 0 Å². The third-order valence-corrected chi connectivity index (χ3v) is 5.38. The molecule has 7 nitrogen and oxygen atoms in total. The summed E-state index contributed by atoms with van der Waals surface area (Å²) < 4.78 is 11.2. The summed E-state index contributed by atoms with van der Waals surface area (Å²) >= 11 is 1.37. The predicted molar refractivity (Wildman–Crippen MR) is 97.0 cm³/mol. The number of thiophene rings is 1. The molecule has 0 atom stereocenters. The van der Waals surface area contributed by atoms with E-state index in [0.29, 0.717) is 54.9 Å². The first kappa shape index (κ1) is 16.7. The number of nitrogens with zero attached hydrogens (tertiary/aromatic N) is 4. The number of anilines is 1. The standard InChI is InChI=1S/C18H18N4O3S/c19-11-13-3-1-4-15(20-13)21-5-2-6-22(8-7-21)18(23)17-16-14(12-26-17)24-9-10-25-16/h1,3-4,12H,2,5-10H2. The lowest BCUT2D eigenvalue weighted by Gasteiger charge is -2.23. The summed E-state index contributed by atoms with van der Waals surface area (Å²) in [4.78, 5) is 21.9. The van der Waals surface area contributed by atoms with Gasteiger partial charge in [-0.15, -0.1) is 11.3 Å². The van der Waals surface area contributed by atoms with Gasteiger partial charge in [0.25, 0.3) is 5.91 Å². The fraction of sp³-hybridized carbons (Fsp3) is 0.389. The zero-order chi connectivity index (χ0) is 17.9. The van der Waals surface area contributed by atoms with Gasteiger partial charge in [-0.2, -0.15) is 5.26 Å². The molecule has 0 N–H and O–H groups in total. The highest BCUT2D eigenvalue weighted by Crippen LogP contribution is 2.40. The number of hydrogen-bond donors (Lipinski definition) is 0. The Bertz CT molecular complexity index is 860. The molecule has 26 heavy (non-hydrogen) atoms. The average Bonchev–Trinajstić information content (AvgIpc) is 2.96. The number of rotatable bonds is 2. The summed E-state index contributed by atoms with van der Waals surface area (Å²) in [6.07, 6.45) is 0.842. The Morgan fingerprint density at radius 2 is 2.08 bits per heavy atom. The molecule has 134 valence electrons. The number of ether oxygens (including phenoxy) is 2. The molecule has 0 aromatic carbocycles. The van der Waals surface area contributed by atoms with Crippen LogP contribution in [-0.4, -0.2) is 55.2 Å². The first-order chi connectivity index (χ1) is 12.8. The van der Waals surface area contributed by atoms with Crippen LogP contribution in [0.2, 0.25) is 0 Å². The molecule has 1 fully saturated rings. The van der Waals surface area contributed by atoms with Crippen LogP contribution in [0.15, 0.2) is 23.6 Å². The largest absolute Gasteiger partial charge is 0.485 e. The van der Waals surface area contributed by atoms with Crippen LogP contribution in [0.5, 0.6) is 11.5 Å². The van der Waals surface area contributed by atoms with Crippen molar-refractivity contribution in [2.45, 2.75) is 6.42 Å². The molecule has 4 heterocycles. The molecule has 0 aliphatic carbocycles. The molecule has 0 spiro atoms. The molecule has 4 rings (SSSR count). The monoisotopic (exact) mass is 370 g/mol. The highest BCUT2D eigenvalue weighted by molar-refractivity contribution is 7.12. The summed E-state index contributed by atoms with van der Waals surface area (Å²) in [7, 11) is 0. The number of pyridine rings is 1. The smallest absolute Gasteiger partial charge is 0.267 e. The Labute approximate surface area is 155 Å². The van der Waals surface area contributed by atoms with Crippen LogP contribution in [0.4, 0.5) is 5.82 Å². The summed E-state index contributed by atoms with van der Waals surface area (Å²) in [5, 5.41) is 10.9. The molecule has 0 bridgehead atoms. The van der Waals surface area contributed by atoms with Crippen molar-refractivity contribution in [3.63, 3.8) is 0 Å². The maximum atomic E-state index is 13.0. The second-order valence-electron chi connectivity index (χ2n) is 6.08. The van der Waals surface area contributed by atoms with E-state index in [2.05, 4.69) is 16.0 Å². The van der Waals surface area contributed by atoms with E-state index in [1.807, 2.05) is 22.4 Å². The Kier molecular flexibility index (Phi) is 4.63. The lowest BCUT2D eigenvalue weighted by atomic mass is 10.3. The van der Waals surface area contributed by atoms with Gasteiger partial charge in [0.05, 0.1) is 0 Å². The first-order valence-corrected chi connectivity index (χ1v) is 9.42. The fourth-order valence-corrected chi connectivity index (χ4v) is 4.06. The second-order valence-corrected chi connectivity index (χ2v) is 6.96. The van der Waals surface area contributed by atoms with Gasteiger partial charge < -0.3 is 19.3 Å². The number of aromatic nitrogens is 1. The number of fused-ring (bicyclic) bond motifs is 1. The Hall–Kier alpha value is -2.79. The molecular weight excluding hydrogens is 352 g/mol. The van der Waals surface area contributed by atoms with E-state index in [1.54, 1.807) is 6.07 Å². The maximum Gasteiger partial charge on any atom is 0.267 e. The van der Waals surface area contributed by atoms with Crippen molar-refractivity contribution in [1.82, 2.24) is 9.88 Å². The van der Waals surface area contributed by atoms with Crippen molar-refractivity contribution in [3.8, 4) is 17.6 Å². The van der Waals surface area contributed by atoms with Crippen LogP contribution in [0.1, 0.15) is 21.8 Å². The van der Waals surface area contributed by atoms with Crippen molar-refractivity contribution in [3.05, 3.63) is 34.2 Å². The Balaban J connectivity index is 1.47. The lowest BCUT2D eigenvalue weighted by molar-refractivity contribution is 0.0763. The third kappa shape index (κ3) is 3.18. The van der Waals surface area contributed by atoms with Crippen molar-refractivity contribution >= 4 is 23.1 Å². The molecule has 2 aliphatic heterocycles. The average molecular weight is 370 g/mol. The molecule has 1 saturated heterocycles. The van der Waals surface area contributed by atoms with Crippen molar-refractivity contribution in [2.75, 3.05) is 44.3 Å². The molecule has 2 aromatic rings. The minimum Gasteiger partial charge on any atom is -0.485 e. The fourth-order valence-electron chi connectivity index (χ4n) is 3.17. The van der Waals surface area contributed by atoms with Gasteiger partial charge in [0.1, 0.15) is 35.7 Å². The second kappa shape index (κ2) is 7.22. The normalized spacial score (nSPS) is 16.7. The van der Waals surface area contributed by atoms with Crippen LogP contribution in [0.25, 0.3) is 0 Å². The van der Waals surface area contributed by atoms with Crippen LogP contribution in [0, 0.1) is 11.3 Å². The van der Waals surface area contributed by atoms with Crippen LogP contribution in [-0.2, 0) is 0 Å². The van der Waals surface area contributed by atoms with E-state index in [4.69, 9.17) is 14.7 Å². The van der Waals surface area contributed by atoms with E-state index in [0.717, 1.165) is 18.8 Å². The molecule has 2 aromatic heterocycles. The quantitative estimate of drug-likeness (QED) is 0.806. The predicted octanol–water partition coefficient (Wildman–Crippen LogP) is 2.14. The lowest BCUT2D eigenvalue weighted by Crippen LogP contribution is -2.35. The zero-order valence-electron chi connectivity index (χ0n) is 14.2. The minimum atomic E-state index is -0.0117. The van der Waals surface area contributed by atoms with E-state index in [9.17, 15) is 4.79 Å². The van der Waals surface area contributed by atoms with Crippen molar-refractivity contribution < 1.29 is 14.3 Å². The number of carbonyl (C=O) groups is 1. The van der Waals surface area contributed by atoms with Gasteiger partial charge in [-0.3, -0.25) is 4.79 Å². The summed E-state index contributed by atoms with van der Waals surface area (Å²) in [6, 6.07) is 7.50. The topological polar surface area (TPSA) is 78.7 Å². The van der Waals surface area contributed by atoms with Gasteiger partial charge >= 0.3 is 0 Å². The summed E-state index contributed by atoms with van der Waals surface area (Å²) in [5.41, 5.74) is 0.405. The molecule has 0 saturated carbocycles. The van der Waals surface area contributed by atoms with E-state index in [-0.39, 0.29) is 5.91 Å². The van der Waals surface area contributed by atoms with Crippen molar-refractivity contribution in [1.29, 1.82) is 5.26 Å². The number of nitriles is 1. The molecule has 0 radical (unpaired) electrons. The number of amides is 1. The highest BCUT2D eigenvalue weighted by atomic mass is 32.1. The molecule has 8 heteroatoms. The van der Waals surface area contributed by atoms with Crippen LogP contribution in [0.3, 0.4) is 0 Å². The van der Waals surface area contributed by atoms with Crippen LogP contribution < -0.4 is 14.4 Å². The Morgan fingerprint density at radius 1 is 1.19 bits per heavy atom. The zero-order valence-corrected chi connectivity index (χ0v) is 15.0. The first-order valence-electron chi connectivity index (χ1n) is 8.55. The van der Waals surface area contributed by atoms with Gasteiger partial charge in [0.15, 0.2) is 11.5 Å². The van der Waals surface area contributed by atoms with E-state index in [1.165, 1.54) is 11.3 Å². The third-order valence-electron chi connectivity index (χ3n) is 4.45. The maximum absolute atomic E-state index is 13.0. The van der Waals surface area contributed by atoms with Gasteiger partial charge in [0.2, 0.25) is 0 Å². The van der Waals surface area contributed by atoms with Gasteiger partial charge in [-0.05, 0) is 18.6 Å². The molecular formula is C18H18N4O3S. The SMILES string of the molecule is N#Cc1cccc(N2CCCN(C(=O)c3scc4c3OCCO4)CC2)n1. The summed E-state index contributed by atoms with van der Waals surface area (Å²) in [5.74, 6) is 2.01. The summed E-state index contributed by atoms with van der Waals surface area (Å²) in [6.45, 7) is 3.75. The van der Waals surface area contributed by atoms with Gasteiger partial charge in [-0.25, -0.2) is 4.98 Å². The molecule has 0 unspecified atom stereocenters. The number of carbonyl (C=O) groups excluding carboxylic acids is 1. The molecule has 1 amide bonds. The molecule has 2 aliphatic rings. The number of hydrogen-bond acceptors (Lipinski definition) is 7. The Morgan fingerprint density at radius 3 is 2.96 bits per heavy atom.